The lowest BCUT2D eigenvalue weighted by Crippen LogP contribution is -2.65. The molecule has 1 N–H and O–H groups in total. The standard InChI is InChI=1S/C22H36O4/c1-18-9-6-16-15(7-10-20(3)17(23)8-11-22(16,20)24)19(18,2)12-13-21(14-18,25-4)26-5/h15-16,24H,6-14H2,1-5H3/t15?,16?,18-,19?,20?,22+/m0/s1. The Morgan fingerprint density at radius 2 is 1.58 bits per heavy atom. The van der Waals surface area contributed by atoms with Crippen LogP contribution >= 0.6 is 0 Å². The predicted molar refractivity (Wildman–Crippen MR) is 99.6 cm³/mol. The third kappa shape index (κ3) is 2.04. The van der Waals surface area contributed by atoms with Crippen molar-refractivity contribution in [1.82, 2.24) is 0 Å². The fraction of sp³-hybridized carbons (Fsp3) is 0.955. The topological polar surface area (TPSA) is 55.8 Å². The van der Waals surface area contributed by atoms with E-state index >= 15 is 0 Å². The Bertz CT molecular complexity index is 613. The zero-order valence-corrected chi connectivity index (χ0v) is 17.2. The van der Waals surface area contributed by atoms with Crippen LogP contribution in [0.2, 0.25) is 0 Å². The van der Waals surface area contributed by atoms with Gasteiger partial charge in [-0.15, -0.1) is 0 Å². The van der Waals surface area contributed by atoms with Crippen LogP contribution in [0.1, 0.15) is 78.6 Å². The maximum Gasteiger partial charge on any atom is 0.168 e. The lowest BCUT2D eigenvalue weighted by atomic mass is 9.39. The molecule has 0 aromatic rings. The van der Waals surface area contributed by atoms with Gasteiger partial charge in [-0.05, 0) is 68.1 Å². The van der Waals surface area contributed by atoms with Crippen LogP contribution in [0, 0.1) is 28.1 Å². The number of hydrogen-bond acceptors (Lipinski definition) is 4. The number of carbonyl (C=O) groups excluding carboxylic acids is 1. The number of Topliss-reactive ketones (excluding diaryl/α,β-unsaturated/α-hetero) is 1. The average molecular weight is 365 g/mol. The highest BCUT2D eigenvalue weighted by atomic mass is 16.7. The summed E-state index contributed by atoms with van der Waals surface area (Å²) in [5, 5.41) is 11.7. The lowest BCUT2D eigenvalue weighted by molar-refractivity contribution is -0.291. The van der Waals surface area contributed by atoms with Gasteiger partial charge in [-0.1, -0.05) is 13.8 Å². The van der Waals surface area contributed by atoms with Crippen molar-refractivity contribution in [3.05, 3.63) is 0 Å². The molecule has 0 radical (unpaired) electrons. The molecule has 0 saturated heterocycles. The van der Waals surface area contributed by atoms with Gasteiger partial charge in [-0.2, -0.15) is 0 Å². The predicted octanol–water partition coefficient (Wildman–Crippen LogP) is 4.09. The van der Waals surface area contributed by atoms with E-state index in [2.05, 4.69) is 13.8 Å². The van der Waals surface area contributed by atoms with E-state index in [1.807, 2.05) is 6.92 Å². The normalized spacial score (nSPS) is 52.9. The van der Waals surface area contributed by atoms with Crippen molar-refractivity contribution >= 4 is 5.78 Å². The number of hydrogen-bond donors (Lipinski definition) is 1. The highest BCUT2D eigenvalue weighted by Gasteiger charge is 2.70. The second kappa shape index (κ2) is 5.55. The highest BCUT2D eigenvalue weighted by Crippen LogP contribution is 2.71. The summed E-state index contributed by atoms with van der Waals surface area (Å²) < 4.78 is 11.7. The number of carbonyl (C=O) groups is 1. The van der Waals surface area contributed by atoms with E-state index in [0.29, 0.717) is 24.5 Å². The van der Waals surface area contributed by atoms with E-state index < -0.39 is 16.8 Å². The summed E-state index contributed by atoms with van der Waals surface area (Å²) in [4.78, 5) is 12.6. The second-order valence-electron chi connectivity index (χ2n) is 10.4. The minimum Gasteiger partial charge on any atom is -0.389 e. The van der Waals surface area contributed by atoms with Crippen LogP contribution in [0.5, 0.6) is 0 Å². The summed E-state index contributed by atoms with van der Waals surface area (Å²) in [6.45, 7) is 6.89. The summed E-state index contributed by atoms with van der Waals surface area (Å²) in [5.41, 5.74) is -1.01. The fourth-order valence-corrected chi connectivity index (χ4v) is 7.78. The number of methoxy groups -OCH3 is 2. The smallest absolute Gasteiger partial charge is 0.168 e. The van der Waals surface area contributed by atoms with Gasteiger partial charge in [-0.3, -0.25) is 4.79 Å². The van der Waals surface area contributed by atoms with Crippen molar-refractivity contribution in [3.63, 3.8) is 0 Å². The third-order valence-electron chi connectivity index (χ3n) is 9.99. The first kappa shape index (κ1) is 18.9. The molecule has 4 rings (SSSR count). The van der Waals surface area contributed by atoms with E-state index in [0.717, 1.165) is 44.9 Å². The summed E-state index contributed by atoms with van der Waals surface area (Å²) in [6.07, 6.45) is 8.10. The van der Waals surface area contributed by atoms with Gasteiger partial charge in [0.15, 0.2) is 5.79 Å². The Morgan fingerprint density at radius 3 is 2.23 bits per heavy atom. The summed E-state index contributed by atoms with van der Waals surface area (Å²) in [5.74, 6) is 0.559. The largest absolute Gasteiger partial charge is 0.389 e. The summed E-state index contributed by atoms with van der Waals surface area (Å²) in [7, 11) is 3.53. The van der Waals surface area contributed by atoms with Crippen LogP contribution in [0.25, 0.3) is 0 Å². The van der Waals surface area contributed by atoms with E-state index in [9.17, 15) is 9.90 Å². The third-order valence-corrected chi connectivity index (χ3v) is 9.99. The molecule has 4 unspecified atom stereocenters. The average Bonchev–Trinajstić information content (AvgIpc) is 2.86. The quantitative estimate of drug-likeness (QED) is 0.750. The second-order valence-corrected chi connectivity index (χ2v) is 10.4. The molecule has 0 heterocycles. The van der Waals surface area contributed by atoms with E-state index in [1.54, 1.807) is 14.2 Å². The van der Waals surface area contributed by atoms with Gasteiger partial charge in [0.25, 0.3) is 0 Å². The van der Waals surface area contributed by atoms with Gasteiger partial charge < -0.3 is 14.6 Å². The first-order chi connectivity index (χ1) is 12.1. The number of fused-ring (bicyclic) bond motifs is 5. The molecule has 0 aromatic heterocycles. The van der Waals surface area contributed by atoms with Crippen LogP contribution in [-0.4, -0.2) is 36.5 Å². The molecule has 0 aliphatic heterocycles. The molecule has 0 amide bonds. The zero-order chi connectivity index (χ0) is 19.0. The minimum absolute atomic E-state index is 0.144. The molecule has 4 fully saturated rings. The van der Waals surface area contributed by atoms with Crippen molar-refractivity contribution in [3.8, 4) is 0 Å². The van der Waals surface area contributed by atoms with Crippen molar-refractivity contribution < 1.29 is 19.4 Å². The van der Waals surface area contributed by atoms with E-state index in [4.69, 9.17) is 9.47 Å². The van der Waals surface area contributed by atoms with Crippen LogP contribution in [0.4, 0.5) is 0 Å². The fourth-order valence-electron chi connectivity index (χ4n) is 7.78. The molecule has 0 aromatic carbocycles. The molecule has 6 atom stereocenters. The van der Waals surface area contributed by atoms with E-state index in [-0.39, 0.29) is 16.7 Å². The molecule has 4 aliphatic rings. The number of rotatable bonds is 2. The van der Waals surface area contributed by atoms with Crippen molar-refractivity contribution in [2.24, 2.45) is 28.1 Å². The van der Waals surface area contributed by atoms with Crippen LogP contribution in [-0.2, 0) is 14.3 Å². The first-order valence-corrected chi connectivity index (χ1v) is 10.5. The van der Waals surface area contributed by atoms with Gasteiger partial charge >= 0.3 is 0 Å². The molecule has 4 saturated carbocycles. The van der Waals surface area contributed by atoms with Gasteiger partial charge in [0.1, 0.15) is 5.78 Å². The molecule has 4 heteroatoms. The van der Waals surface area contributed by atoms with Gasteiger partial charge in [0, 0.05) is 33.5 Å². The monoisotopic (exact) mass is 364 g/mol. The van der Waals surface area contributed by atoms with Gasteiger partial charge in [0.2, 0.25) is 0 Å². The Labute approximate surface area is 158 Å². The molecule has 26 heavy (non-hydrogen) atoms. The van der Waals surface area contributed by atoms with Crippen LogP contribution in [0.3, 0.4) is 0 Å². The summed E-state index contributed by atoms with van der Waals surface area (Å²) >= 11 is 0. The minimum atomic E-state index is -0.797. The Hall–Kier alpha value is -0.450. The molecule has 4 aliphatic carbocycles. The van der Waals surface area contributed by atoms with Gasteiger partial charge in [-0.25, -0.2) is 0 Å². The molecular formula is C22H36O4. The van der Waals surface area contributed by atoms with Gasteiger partial charge in [0.05, 0.1) is 11.0 Å². The van der Waals surface area contributed by atoms with Crippen molar-refractivity contribution in [2.75, 3.05) is 14.2 Å². The van der Waals surface area contributed by atoms with Crippen molar-refractivity contribution in [2.45, 2.75) is 89.9 Å². The Kier molecular flexibility index (Phi) is 4.03. The zero-order valence-electron chi connectivity index (χ0n) is 17.2. The molecular weight excluding hydrogens is 328 g/mol. The van der Waals surface area contributed by atoms with Crippen LogP contribution < -0.4 is 0 Å². The Morgan fingerprint density at radius 1 is 0.923 bits per heavy atom. The molecule has 0 spiro atoms. The number of ketones is 1. The number of aliphatic hydroxyl groups is 1. The van der Waals surface area contributed by atoms with E-state index in [1.165, 1.54) is 0 Å². The Balaban J connectivity index is 1.70. The SMILES string of the molecule is COC1(OC)CCC2(C)C3CCC4(C)C(=O)CC[C@@]4(O)C3CC[C@@]2(C)C1. The summed E-state index contributed by atoms with van der Waals surface area (Å²) in [6, 6.07) is 0. The first-order valence-electron chi connectivity index (χ1n) is 10.5. The maximum absolute atomic E-state index is 12.6. The van der Waals surface area contributed by atoms with Crippen LogP contribution in [0.15, 0.2) is 0 Å². The molecule has 148 valence electrons. The number of ether oxygens (including phenoxy) is 2. The van der Waals surface area contributed by atoms with Crippen molar-refractivity contribution in [1.29, 1.82) is 0 Å². The molecule has 0 bridgehead atoms. The molecule has 4 nitrogen and oxygen atoms in total. The highest BCUT2D eigenvalue weighted by molar-refractivity contribution is 5.88. The lowest BCUT2D eigenvalue weighted by Gasteiger charge is -2.67. The maximum atomic E-state index is 12.6.